The van der Waals surface area contributed by atoms with Gasteiger partial charge in [-0.3, -0.25) is 4.79 Å². The van der Waals surface area contributed by atoms with E-state index in [0.717, 1.165) is 32.4 Å². The van der Waals surface area contributed by atoms with E-state index >= 15 is 0 Å². The number of aliphatic hydroxyl groups is 4. The summed E-state index contributed by atoms with van der Waals surface area (Å²) < 4.78 is 11.1. The maximum atomic E-state index is 13.0. The van der Waals surface area contributed by atoms with Crippen LogP contribution in [0.5, 0.6) is 0 Å². The zero-order valence-electron chi connectivity index (χ0n) is 16.5. The van der Waals surface area contributed by atoms with Gasteiger partial charge < -0.3 is 40.1 Å². The SMILES string of the molecule is O=C(C1CCNCC1)N1CCCOCCCCO[C@H]([C@H](O)CO)[C@H](O)[C@H](O)C1. The molecule has 0 saturated carbocycles. The fraction of sp³-hybridized carbons (Fsp3) is 0.947. The van der Waals surface area contributed by atoms with Gasteiger partial charge in [0.1, 0.15) is 24.4 Å². The van der Waals surface area contributed by atoms with Gasteiger partial charge in [0.15, 0.2) is 0 Å². The highest BCUT2D eigenvalue weighted by Gasteiger charge is 2.35. The van der Waals surface area contributed by atoms with Crippen molar-refractivity contribution in [2.24, 2.45) is 5.92 Å². The third kappa shape index (κ3) is 7.22. The Labute approximate surface area is 166 Å². The molecular formula is C19H36N2O7. The van der Waals surface area contributed by atoms with Crippen molar-refractivity contribution in [3.63, 3.8) is 0 Å². The van der Waals surface area contributed by atoms with E-state index in [1.807, 2.05) is 0 Å². The Bertz CT molecular complexity index is 448. The molecule has 0 radical (unpaired) electrons. The predicted molar refractivity (Wildman–Crippen MR) is 102 cm³/mol. The lowest BCUT2D eigenvalue weighted by Gasteiger charge is -2.35. The van der Waals surface area contributed by atoms with E-state index in [2.05, 4.69) is 5.32 Å². The zero-order valence-corrected chi connectivity index (χ0v) is 16.5. The van der Waals surface area contributed by atoms with Crippen molar-refractivity contribution in [3.8, 4) is 0 Å². The molecule has 0 aromatic carbocycles. The number of nitrogens with zero attached hydrogens (tertiary/aromatic N) is 1. The number of aliphatic hydroxyl groups excluding tert-OH is 4. The Balaban J connectivity index is 2.08. The molecule has 2 aliphatic heterocycles. The zero-order chi connectivity index (χ0) is 20.4. The highest BCUT2D eigenvalue weighted by Crippen LogP contribution is 2.18. The van der Waals surface area contributed by atoms with Crippen LogP contribution in [0.2, 0.25) is 0 Å². The molecule has 28 heavy (non-hydrogen) atoms. The molecule has 4 atom stereocenters. The molecule has 2 aliphatic rings. The number of nitrogens with one attached hydrogen (secondary N) is 1. The molecule has 2 saturated heterocycles. The number of β-amino-alcohol motifs (C(OH)–C–C–N with tert-alkyl or cyclic N) is 1. The lowest BCUT2D eigenvalue weighted by atomic mass is 9.95. The summed E-state index contributed by atoms with van der Waals surface area (Å²) in [4.78, 5) is 14.5. The van der Waals surface area contributed by atoms with Crippen LogP contribution in [-0.4, -0.2) is 108 Å². The van der Waals surface area contributed by atoms with E-state index in [1.165, 1.54) is 0 Å². The van der Waals surface area contributed by atoms with Crippen LogP contribution in [0, 0.1) is 5.92 Å². The van der Waals surface area contributed by atoms with Crippen LogP contribution in [0.15, 0.2) is 0 Å². The van der Waals surface area contributed by atoms with Crippen LogP contribution in [-0.2, 0) is 14.3 Å². The summed E-state index contributed by atoms with van der Waals surface area (Å²) in [6.45, 7) is 2.74. The number of hydrogen-bond acceptors (Lipinski definition) is 8. The molecule has 5 N–H and O–H groups in total. The Kier molecular flexibility index (Phi) is 10.6. The summed E-state index contributed by atoms with van der Waals surface area (Å²) in [6.07, 6.45) is -1.55. The van der Waals surface area contributed by atoms with Crippen molar-refractivity contribution in [2.75, 3.05) is 52.6 Å². The summed E-state index contributed by atoms with van der Waals surface area (Å²) in [6, 6.07) is 0. The molecule has 164 valence electrons. The average molecular weight is 405 g/mol. The van der Waals surface area contributed by atoms with Crippen LogP contribution < -0.4 is 5.32 Å². The van der Waals surface area contributed by atoms with Gasteiger partial charge in [-0.15, -0.1) is 0 Å². The molecule has 9 nitrogen and oxygen atoms in total. The monoisotopic (exact) mass is 404 g/mol. The van der Waals surface area contributed by atoms with Gasteiger partial charge in [-0.1, -0.05) is 0 Å². The van der Waals surface area contributed by atoms with Crippen LogP contribution in [0.25, 0.3) is 0 Å². The second kappa shape index (κ2) is 12.7. The van der Waals surface area contributed by atoms with Crippen LogP contribution >= 0.6 is 0 Å². The van der Waals surface area contributed by atoms with Crippen molar-refractivity contribution >= 4 is 5.91 Å². The van der Waals surface area contributed by atoms with E-state index < -0.39 is 31.0 Å². The largest absolute Gasteiger partial charge is 0.394 e. The average Bonchev–Trinajstić information content (AvgIpc) is 2.72. The number of ether oxygens (including phenoxy) is 2. The van der Waals surface area contributed by atoms with Crippen molar-refractivity contribution < 1.29 is 34.7 Å². The van der Waals surface area contributed by atoms with Gasteiger partial charge in [-0.05, 0) is 45.2 Å². The third-order valence-electron chi connectivity index (χ3n) is 5.41. The standard InChI is InChI=1S/C19H36N2O7/c22-13-16(24)18-17(25)15(23)12-21(19(26)14-4-6-20-7-5-14)8-3-10-27-9-1-2-11-28-18/h14-18,20,22-25H,1-13H2/t15-,16-,17-,18-/m1/s1. The topological polar surface area (TPSA) is 132 Å². The van der Waals surface area contributed by atoms with Gasteiger partial charge in [-0.25, -0.2) is 0 Å². The van der Waals surface area contributed by atoms with Crippen molar-refractivity contribution in [1.29, 1.82) is 0 Å². The van der Waals surface area contributed by atoms with Crippen LogP contribution in [0.4, 0.5) is 0 Å². The van der Waals surface area contributed by atoms with E-state index in [1.54, 1.807) is 4.90 Å². The first-order valence-electron chi connectivity index (χ1n) is 10.4. The Morgan fingerprint density at radius 3 is 2.50 bits per heavy atom. The van der Waals surface area contributed by atoms with E-state index in [4.69, 9.17) is 9.47 Å². The molecule has 0 bridgehead atoms. The molecule has 0 aromatic heterocycles. The predicted octanol–water partition coefficient (Wildman–Crippen LogP) is -1.52. The Hall–Kier alpha value is -0.810. The Morgan fingerprint density at radius 1 is 1.11 bits per heavy atom. The van der Waals surface area contributed by atoms with Crippen molar-refractivity contribution in [2.45, 2.75) is 56.5 Å². The molecule has 2 heterocycles. The Morgan fingerprint density at radius 2 is 1.79 bits per heavy atom. The molecule has 2 fully saturated rings. The first kappa shape index (κ1) is 23.5. The minimum Gasteiger partial charge on any atom is -0.394 e. The van der Waals surface area contributed by atoms with Gasteiger partial charge in [0.05, 0.1) is 6.61 Å². The normalized spacial score (nSPS) is 31.1. The quantitative estimate of drug-likeness (QED) is 0.383. The van der Waals surface area contributed by atoms with Gasteiger partial charge in [0, 0.05) is 38.8 Å². The van der Waals surface area contributed by atoms with Gasteiger partial charge in [-0.2, -0.15) is 0 Å². The molecule has 0 unspecified atom stereocenters. The summed E-state index contributed by atoms with van der Waals surface area (Å²) in [7, 11) is 0. The maximum Gasteiger partial charge on any atom is 0.225 e. The number of hydrogen-bond donors (Lipinski definition) is 5. The molecule has 0 aromatic rings. The smallest absolute Gasteiger partial charge is 0.225 e. The van der Waals surface area contributed by atoms with Crippen LogP contribution in [0.1, 0.15) is 32.1 Å². The first-order valence-corrected chi connectivity index (χ1v) is 10.4. The molecule has 0 spiro atoms. The molecule has 2 rings (SSSR count). The van der Waals surface area contributed by atoms with E-state index in [9.17, 15) is 25.2 Å². The minimum absolute atomic E-state index is 0.0278. The number of carbonyl (C=O) groups excluding carboxylic acids is 1. The number of carbonyl (C=O) groups is 1. The van der Waals surface area contributed by atoms with Crippen molar-refractivity contribution in [1.82, 2.24) is 10.2 Å². The summed E-state index contributed by atoms with van der Waals surface area (Å²) in [5.74, 6) is -0.125. The summed E-state index contributed by atoms with van der Waals surface area (Å²) in [5.41, 5.74) is 0. The highest BCUT2D eigenvalue weighted by atomic mass is 16.5. The molecule has 1 amide bonds. The highest BCUT2D eigenvalue weighted by molar-refractivity contribution is 5.79. The van der Waals surface area contributed by atoms with Gasteiger partial charge in [0.25, 0.3) is 0 Å². The molecule has 9 heteroatoms. The third-order valence-corrected chi connectivity index (χ3v) is 5.41. The fourth-order valence-electron chi connectivity index (χ4n) is 3.70. The lowest BCUT2D eigenvalue weighted by molar-refractivity contribution is -0.154. The summed E-state index contributed by atoms with van der Waals surface area (Å²) >= 11 is 0. The minimum atomic E-state index is -1.41. The maximum absolute atomic E-state index is 13.0. The van der Waals surface area contributed by atoms with Crippen LogP contribution in [0.3, 0.4) is 0 Å². The summed E-state index contributed by atoms with van der Waals surface area (Å²) in [5, 5.41) is 43.6. The number of rotatable bonds is 3. The first-order chi connectivity index (χ1) is 13.5. The van der Waals surface area contributed by atoms with E-state index in [-0.39, 0.29) is 25.0 Å². The molecule has 0 aliphatic carbocycles. The second-order valence-corrected chi connectivity index (χ2v) is 7.62. The number of piperidine rings is 1. The van der Waals surface area contributed by atoms with Gasteiger partial charge >= 0.3 is 0 Å². The fourth-order valence-corrected chi connectivity index (χ4v) is 3.70. The lowest BCUT2D eigenvalue weighted by Crippen LogP contribution is -2.53. The second-order valence-electron chi connectivity index (χ2n) is 7.62. The van der Waals surface area contributed by atoms with Crippen molar-refractivity contribution in [3.05, 3.63) is 0 Å². The van der Waals surface area contributed by atoms with E-state index in [0.29, 0.717) is 32.6 Å². The van der Waals surface area contributed by atoms with Gasteiger partial charge in [0.2, 0.25) is 5.91 Å². The molecular weight excluding hydrogens is 368 g/mol. The number of amides is 1.